The minimum Gasteiger partial charge on any atom is -0.481 e. The number of anilines is 1. The van der Waals surface area contributed by atoms with Crippen molar-refractivity contribution in [2.75, 3.05) is 11.1 Å². The molecular weight excluding hydrogens is 356 g/mol. The number of aliphatic carboxylic acids is 1. The molecule has 0 aliphatic heterocycles. The molecule has 1 unspecified atom stereocenters. The molecule has 144 valence electrons. The molecular formula is C18H26N2O5S. The van der Waals surface area contributed by atoms with Crippen molar-refractivity contribution in [1.29, 1.82) is 0 Å². The van der Waals surface area contributed by atoms with Crippen LogP contribution < -0.4 is 10.0 Å². The van der Waals surface area contributed by atoms with Crippen molar-refractivity contribution in [1.82, 2.24) is 4.72 Å². The fraction of sp³-hybridized carbons (Fsp3) is 0.556. The van der Waals surface area contributed by atoms with Crippen LogP contribution in [0.4, 0.5) is 5.69 Å². The molecule has 1 aliphatic rings. The van der Waals surface area contributed by atoms with E-state index in [9.17, 15) is 18.0 Å². The van der Waals surface area contributed by atoms with Crippen LogP contribution in [0.3, 0.4) is 0 Å². The normalized spacial score (nSPS) is 21.8. The van der Waals surface area contributed by atoms with Gasteiger partial charge < -0.3 is 10.4 Å². The lowest BCUT2D eigenvalue weighted by Crippen LogP contribution is -2.41. The summed E-state index contributed by atoms with van der Waals surface area (Å²) in [6, 6.07) is 6.24. The Kier molecular flexibility index (Phi) is 6.77. The Morgan fingerprint density at radius 3 is 2.27 bits per heavy atom. The zero-order chi connectivity index (χ0) is 19.3. The third-order valence-corrected chi connectivity index (χ3v) is 6.08. The molecule has 0 aromatic heterocycles. The lowest BCUT2D eigenvalue weighted by Gasteiger charge is -2.26. The van der Waals surface area contributed by atoms with Crippen molar-refractivity contribution in [3.63, 3.8) is 0 Å². The summed E-state index contributed by atoms with van der Waals surface area (Å²) in [6.07, 6.45) is 3.57. The molecule has 0 radical (unpaired) electrons. The van der Waals surface area contributed by atoms with Crippen LogP contribution in [-0.2, 0) is 19.6 Å². The Morgan fingerprint density at radius 2 is 1.73 bits per heavy atom. The van der Waals surface area contributed by atoms with Gasteiger partial charge in [-0.2, -0.15) is 0 Å². The lowest BCUT2D eigenvalue weighted by atomic mass is 9.88. The van der Waals surface area contributed by atoms with Gasteiger partial charge in [-0.1, -0.05) is 19.1 Å². The van der Waals surface area contributed by atoms with Gasteiger partial charge in [0.15, 0.2) is 0 Å². The van der Waals surface area contributed by atoms with Crippen LogP contribution in [0.1, 0.15) is 51.0 Å². The molecule has 1 fully saturated rings. The summed E-state index contributed by atoms with van der Waals surface area (Å²) in [5.74, 6) is -2.23. The molecule has 0 saturated heterocycles. The van der Waals surface area contributed by atoms with Gasteiger partial charge in [0, 0.05) is 11.7 Å². The third-order valence-electron chi connectivity index (χ3n) is 4.75. The fourth-order valence-corrected chi connectivity index (χ4v) is 4.29. The summed E-state index contributed by atoms with van der Waals surface area (Å²) in [7, 11) is -3.69. The first-order valence-corrected chi connectivity index (χ1v) is 10.4. The quantitative estimate of drug-likeness (QED) is 0.670. The van der Waals surface area contributed by atoms with E-state index in [1.807, 2.05) is 0 Å². The predicted octanol–water partition coefficient (Wildman–Crippen LogP) is 2.31. The number of carboxylic acids is 1. The first kappa shape index (κ1) is 20.4. The number of carboxylic acid groups (broad SMARTS) is 1. The summed E-state index contributed by atoms with van der Waals surface area (Å²) >= 11 is 0. The van der Waals surface area contributed by atoms with Crippen LogP contribution in [0.25, 0.3) is 0 Å². The van der Waals surface area contributed by atoms with Gasteiger partial charge in [-0.05, 0) is 56.2 Å². The van der Waals surface area contributed by atoms with Gasteiger partial charge in [-0.15, -0.1) is 0 Å². The summed E-state index contributed by atoms with van der Waals surface area (Å²) in [4.78, 5) is 23.0. The second kappa shape index (κ2) is 8.64. The number of carbonyl (C=O) groups is 2. The molecule has 0 heterocycles. The van der Waals surface area contributed by atoms with Crippen molar-refractivity contribution in [2.45, 2.75) is 51.5 Å². The number of carbonyl (C=O) groups excluding carboxylic acids is 1. The molecule has 1 aliphatic carbocycles. The van der Waals surface area contributed by atoms with Gasteiger partial charge in [-0.3, -0.25) is 9.59 Å². The van der Waals surface area contributed by atoms with Crippen LogP contribution in [0.15, 0.2) is 24.3 Å². The number of hydrogen-bond donors (Lipinski definition) is 3. The van der Waals surface area contributed by atoms with Gasteiger partial charge in [-0.25, -0.2) is 13.1 Å². The van der Waals surface area contributed by atoms with E-state index in [4.69, 9.17) is 5.11 Å². The van der Waals surface area contributed by atoms with Crippen LogP contribution in [-0.4, -0.2) is 37.2 Å². The first-order valence-electron chi connectivity index (χ1n) is 8.79. The predicted molar refractivity (Wildman–Crippen MR) is 99.5 cm³/mol. The summed E-state index contributed by atoms with van der Waals surface area (Å²) < 4.78 is 26.9. The molecule has 1 aromatic rings. The summed E-state index contributed by atoms with van der Waals surface area (Å²) in [5, 5.41) is 11.5. The van der Waals surface area contributed by atoms with Crippen LogP contribution in [0.2, 0.25) is 0 Å². The van der Waals surface area contributed by atoms with E-state index in [1.54, 1.807) is 31.2 Å². The fourth-order valence-electron chi connectivity index (χ4n) is 3.04. The van der Waals surface area contributed by atoms with E-state index in [1.165, 1.54) is 0 Å². The molecule has 1 saturated carbocycles. The molecule has 1 amide bonds. The van der Waals surface area contributed by atoms with Crippen molar-refractivity contribution in [3.8, 4) is 0 Å². The zero-order valence-electron chi connectivity index (χ0n) is 15.1. The first-order chi connectivity index (χ1) is 12.2. The molecule has 2 rings (SSSR count). The van der Waals surface area contributed by atoms with Gasteiger partial charge in [0.25, 0.3) is 0 Å². The van der Waals surface area contributed by atoms with Gasteiger partial charge in [0.05, 0.1) is 5.92 Å². The Hall–Kier alpha value is -1.93. The van der Waals surface area contributed by atoms with Crippen molar-refractivity contribution in [3.05, 3.63) is 29.8 Å². The van der Waals surface area contributed by atoms with Crippen LogP contribution in [0.5, 0.6) is 0 Å². The average molecular weight is 382 g/mol. The van der Waals surface area contributed by atoms with Crippen molar-refractivity contribution >= 4 is 27.6 Å². The monoisotopic (exact) mass is 382 g/mol. The Morgan fingerprint density at radius 1 is 1.15 bits per heavy atom. The molecule has 8 heteroatoms. The average Bonchev–Trinajstić information content (AvgIpc) is 2.56. The number of nitrogens with one attached hydrogen (secondary N) is 2. The smallest absolute Gasteiger partial charge is 0.310 e. The highest BCUT2D eigenvalue weighted by molar-refractivity contribution is 7.90. The number of hydrogen-bond acceptors (Lipinski definition) is 4. The molecule has 1 aromatic carbocycles. The summed E-state index contributed by atoms with van der Waals surface area (Å²) in [6.45, 7) is 3.72. The standard InChI is InChI=1S/C18H26N2O5S/c1-12-3-7-16(8-4-12)20-26(24,25)11-17(21)19-15-9-5-14(6-10-15)13(2)18(22)23/h5-6,9-10,12-13,16,20H,3-4,7-8,11H2,1-2H3,(H,19,21)(H,22,23). The van der Waals surface area contributed by atoms with E-state index in [2.05, 4.69) is 17.0 Å². The third kappa shape index (κ3) is 6.10. The molecule has 26 heavy (non-hydrogen) atoms. The highest BCUT2D eigenvalue weighted by Crippen LogP contribution is 2.24. The molecule has 0 spiro atoms. The number of sulfonamides is 1. The minimum atomic E-state index is -3.69. The van der Waals surface area contributed by atoms with Gasteiger partial charge in [0.2, 0.25) is 15.9 Å². The maximum atomic E-state index is 12.2. The van der Waals surface area contributed by atoms with Crippen molar-refractivity contribution < 1.29 is 23.1 Å². The second-order valence-electron chi connectivity index (χ2n) is 7.06. The largest absolute Gasteiger partial charge is 0.481 e. The maximum Gasteiger partial charge on any atom is 0.310 e. The lowest BCUT2D eigenvalue weighted by molar-refractivity contribution is -0.138. The van der Waals surface area contributed by atoms with Gasteiger partial charge >= 0.3 is 5.97 Å². The highest BCUT2D eigenvalue weighted by Gasteiger charge is 2.24. The number of amides is 1. The van der Waals surface area contributed by atoms with E-state index in [0.717, 1.165) is 25.7 Å². The molecule has 7 nitrogen and oxygen atoms in total. The topological polar surface area (TPSA) is 113 Å². The molecule has 1 atom stereocenters. The number of rotatable bonds is 7. The van der Waals surface area contributed by atoms with E-state index in [0.29, 0.717) is 17.2 Å². The SMILES string of the molecule is CC1CCC(NS(=O)(=O)CC(=O)Nc2ccc(C(C)C(=O)O)cc2)CC1. The maximum absolute atomic E-state index is 12.2. The molecule has 3 N–H and O–H groups in total. The number of benzene rings is 1. The Bertz CT molecular complexity index is 737. The Balaban J connectivity index is 1.88. The zero-order valence-corrected chi connectivity index (χ0v) is 15.9. The van der Waals surface area contributed by atoms with Crippen LogP contribution >= 0.6 is 0 Å². The van der Waals surface area contributed by atoms with E-state index in [-0.39, 0.29) is 6.04 Å². The molecule has 0 bridgehead atoms. The van der Waals surface area contributed by atoms with E-state index < -0.39 is 33.6 Å². The van der Waals surface area contributed by atoms with Gasteiger partial charge in [0.1, 0.15) is 5.75 Å². The minimum absolute atomic E-state index is 0.0965. The van der Waals surface area contributed by atoms with Crippen LogP contribution in [0, 0.1) is 5.92 Å². The highest BCUT2D eigenvalue weighted by atomic mass is 32.2. The van der Waals surface area contributed by atoms with E-state index >= 15 is 0 Å². The van der Waals surface area contributed by atoms with Crippen molar-refractivity contribution in [2.24, 2.45) is 5.92 Å². The second-order valence-corrected chi connectivity index (χ2v) is 8.82. The summed E-state index contributed by atoms with van der Waals surface area (Å²) in [5.41, 5.74) is 1.04. The Labute approximate surface area is 154 Å².